The number of carbonyl (C=O) groups is 2. The molecule has 0 spiro atoms. The van der Waals surface area contributed by atoms with Gasteiger partial charge in [0.05, 0.1) is 11.3 Å². The first-order valence-corrected chi connectivity index (χ1v) is 6.65. The van der Waals surface area contributed by atoms with E-state index in [0.29, 0.717) is 12.5 Å². The number of primary amides is 1. The Morgan fingerprint density at radius 2 is 1.90 bits per heavy atom. The van der Waals surface area contributed by atoms with Gasteiger partial charge >= 0.3 is 0 Å². The molecule has 1 rings (SSSR count). The maximum Gasteiger partial charge on any atom is 0.250 e. The molecule has 1 aromatic carbocycles. The lowest BCUT2D eigenvalue weighted by Gasteiger charge is -2.17. The molecule has 6 nitrogen and oxygen atoms in total. The Morgan fingerprint density at radius 1 is 1.29 bits per heavy atom. The van der Waals surface area contributed by atoms with Crippen molar-refractivity contribution in [1.29, 1.82) is 0 Å². The maximum absolute atomic E-state index is 13.8. The number of hydrogen-bond acceptors (Lipinski definition) is 4. The predicted molar refractivity (Wildman–Crippen MR) is 80.3 cm³/mol. The Kier molecular flexibility index (Phi) is 5.52. The third kappa shape index (κ3) is 4.62. The molecule has 1 aromatic rings. The fourth-order valence-electron chi connectivity index (χ4n) is 1.67. The highest BCUT2D eigenvalue weighted by Crippen LogP contribution is 2.22. The molecular weight excluding hydrogens is 275 g/mol. The summed E-state index contributed by atoms with van der Waals surface area (Å²) in [4.78, 5) is 23.0. The highest BCUT2D eigenvalue weighted by atomic mass is 19.1. The van der Waals surface area contributed by atoms with Crippen molar-refractivity contribution in [3.63, 3.8) is 0 Å². The van der Waals surface area contributed by atoms with Gasteiger partial charge in [0.1, 0.15) is 11.9 Å². The molecule has 0 aliphatic rings. The van der Waals surface area contributed by atoms with Gasteiger partial charge in [-0.1, -0.05) is 13.8 Å². The fraction of sp³-hybridized carbons (Fsp3) is 0.429. The summed E-state index contributed by atoms with van der Waals surface area (Å²) in [6.07, 6.45) is 0. The molecule has 0 saturated heterocycles. The lowest BCUT2D eigenvalue weighted by molar-refractivity contribution is -0.121. The molecule has 21 heavy (non-hydrogen) atoms. The molecule has 1 unspecified atom stereocenters. The monoisotopic (exact) mass is 296 g/mol. The second-order valence-electron chi connectivity index (χ2n) is 5.29. The van der Waals surface area contributed by atoms with Gasteiger partial charge < -0.3 is 22.1 Å². The summed E-state index contributed by atoms with van der Waals surface area (Å²) in [5, 5.41) is 5.44. The van der Waals surface area contributed by atoms with Crippen LogP contribution in [0.4, 0.5) is 15.8 Å². The third-order valence-corrected chi connectivity index (χ3v) is 2.85. The Balaban J connectivity index is 2.85. The molecule has 0 bridgehead atoms. The number of anilines is 2. The van der Waals surface area contributed by atoms with Gasteiger partial charge in [-0.3, -0.25) is 9.59 Å². The van der Waals surface area contributed by atoms with Crippen LogP contribution in [0.25, 0.3) is 0 Å². The van der Waals surface area contributed by atoms with Gasteiger partial charge in [-0.25, -0.2) is 4.39 Å². The van der Waals surface area contributed by atoms with E-state index in [9.17, 15) is 14.0 Å². The van der Waals surface area contributed by atoms with Crippen molar-refractivity contribution in [1.82, 2.24) is 5.32 Å². The molecule has 0 saturated carbocycles. The summed E-state index contributed by atoms with van der Waals surface area (Å²) in [6, 6.07) is 1.54. The van der Waals surface area contributed by atoms with Crippen LogP contribution in [0.3, 0.4) is 0 Å². The zero-order chi connectivity index (χ0) is 16.2. The summed E-state index contributed by atoms with van der Waals surface area (Å²) in [7, 11) is 0. The molecule has 1 atom stereocenters. The number of nitrogens with one attached hydrogen (secondary N) is 2. The average molecular weight is 296 g/mol. The van der Waals surface area contributed by atoms with E-state index >= 15 is 0 Å². The Labute approximate surface area is 123 Å². The first-order valence-electron chi connectivity index (χ1n) is 6.65. The van der Waals surface area contributed by atoms with Crippen LogP contribution in [0.2, 0.25) is 0 Å². The van der Waals surface area contributed by atoms with Crippen LogP contribution < -0.4 is 22.1 Å². The molecule has 0 fully saturated rings. The molecule has 2 amide bonds. The maximum atomic E-state index is 13.8. The quantitative estimate of drug-likeness (QED) is 0.589. The minimum atomic E-state index is -0.757. The topological polar surface area (TPSA) is 110 Å². The zero-order valence-electron chi connectivity index (χ0n) is 12.4. The molecule has 0 aliphatic heterocycles. The van der Waals surface area contributed by atoms with Crippen molar-refractivity contribution in [3.05, 3.63) is 23.5 Å². The number of carbonyl (C=O) groups excluding carboxylic acids is 2. The van der Waals surface area contributed by atoms with Crippen molar-refractivity contribution in [2.45, 2.75) is 26.8 Å². The van der Waals surface area contributed by atoms with E-state index in [1.54, 1.807) is 6.92 Å². The van der Waals surface area contributed by atoms with Crippen LogP contribution in [0.5, 0.6) is 0 Å². The van der Waals surface area contributed by atoms with E-state index in [0.717, 1.165) is 6.07 Å². The summed E-state index contributed by atoms with van der Waals surface area (Å²) >= 11 is 0. The van der Waals surface area contributed by atoms with E-state index < -0.39 is 17.8 Å². The zero-order valence-corrected chi connectivity index (χ0v) is 12.4. The number of nitrogens with two attached hydrogens (primary N) is 2. The predicted octanol–water partition coefficient (Wildman–Crippen LogP) is 1.08. The Bertz CT molecular complexity index is 546. The fourth-order valence-corrected chi connectivity index (χ4v) is 1.67. The lowest BCUT2D eigenvalue weighted by atomic mass is 10.1. The molecule has 0 radical (unpaired) electrons. The van der Waals surface area contributed by atoms with Crippen molar-refractivity contribution >= 4 is 23.2 Å². The molecule has 0 heterocycles. The Morgan fingerprint density at radius 3 is 2.43 bits per heavy atom. The average Bonchev–Trinajstić information content (AvgIpc) is 2.38. The van der Waals surface area contributed by atoms with Gasteiger partial charge in [0.2, 0.25) is 5.91 Å². The minimum Gasteiger partial charge on any atom is -0.398 e. The van der Waals surface area contributed by atoms with Crippen molar-refractivity contribution in [3.8, 4) is 0 Å². The SMILES string of the molecule is CC(C)CNC(=O)C(C)Nc1cc(C(N)=O)c(N)cc1F. The van der Waals surface area contributed by atoms with Gasteiger partial charge in [-0.15, -0.1) is 0 Å². The number of nitrogen functional groups attached to an aromatic ring is 1. The van der Waals surface area contributed by atoms with Crippen LogP contribution >= 0.6 is 0 Å². The molecule has 7 heteroatoms. The van der Waals surface area contributed by atoms with Crippen LogP contribution in [0.1, 0.15) is 31.1 Å². The third-order valence-electron chi connectivity index (χ3n) is 2.85. The largest absolute Gasteiger partial charge is 0.398 e. The molecular formula is C14H21FN4O2. The highest BCUT2D eigenvalue weighted by molar-refractivity contribution is 5.99. The highest BCUT2D eigenvalue weighted by Gasteiger charge is 2.17. The summed E-state index contributed by atoms with van der Waals surface area (Å²) < 4.78 is 13.8. The number of amides is 2. The van der Waals surface area contributed by atoms with Gasteiger partial charge in [0.25, 0.3) is 5.91 Å². The van der Waals surface area contributed by atoms with Crippen LogP contribution in [-0.2, 0) is 4.79 Å². The van der Waals surface area contributed by atoms with Gasteiger partial charge in [-0.2, -0.15) is 0 Å². The van der Waals surface area contributed by atoms with Gasteiger partial charge in [0, 0.05) is 12.2 Å². The van der Waals surface area contributed by atoms with Crippen LogP contribution in [0, 0.1) is 11.7 Å². The second-order valence-corrected chi connectivity index (χ2v) is 5.29. The molecule has 0 aromatic heterocycles. The molecule has 116 valence electrons. The van der Waals surface area contributed by atoms with E-state index in [4.69, 9.17) is 11.5 Å². The van der Waals surface area contributed by atoms with Gasteiger partial charge in [-0.05, 0) is 25.0 Å². The number of rotatable bonds is 6. The molecule has 0 aliphatic carbocycles. The molecule has 6 N–H and O–H groups in total. The first-order chi connectivity index (χ1) is 9.72. The van der Waals surface area contributed by atoms with E-state index in [1.165, 1.54) is 6.07 Å². The van der Waals surface area contributed by atoms with Crippen molar-refractivity contribution < 1.29 is 14.0 Å². The van der Waals surface area contributed by atoms with Crippen molar-refractivity contribution in [2.24, 2.45) is 11.7 Å². The standard InChI is InChI=1S/C14H21FN4O2/c1-7(2)6-18-14(21)8(3)19-12-4-9(13(17)20)11(16)5-10(12)15/h4-5,7-8,19H,6,16H2,1-3H3,(H2,17,20)(H,18,21). The van der Waals surface area contributed by atoms with E-state index in [2.05, 4.69) is 10.6 Å². The minimum absolute atomic E-state index is 0.00481. The van der Waals surface area contributed by atoms with Crippen LogP contribution in [-0.4, -0.2) is 24.4 Å². The van der Waals surface area contributed by atoms with E-state index in [-0.39, 0.29) is 22.8 Å². The lowest BCUT2D eigenvalue weighted by Crippen LogP contribution is -2.39. The number of hydrogen-bond donors (Lipinski definition) is 4. The second kappa shape index (κ2) is 6.92. The number of halogens is 1. The van der Waals surface area contributed by atoms with Crippen molar-refractivity contribution in [2.75, 3.05) is 17.6 Å². The summed E-state index contributed by atoms with van der Waals surface area (Å²) in [5.74, 6) is -1.36. The van der Waals surface area contributed by atoms with Gasteiger partial charge in [0.15, 0.2) is 0 Å². The Hall–Kier alpha value is -2.31. The first kappa shape index (κ1) is 16.7. The summed E-state index contributed by atoms with van der Waals surface area (Å²) in [5.41, 5.74) is 10.6. The smallest absolute Gasteiger partial charge is 0.250 e. The normalized spacial score (nSPS) is 12.0. The van der Waals surface area contributed by atoms with E-state index in [1.807, 2.05) is 13.8 Å². The summed E-state index contributed by atoms with van der Waals surface area (Å²) in [6.45, 7) is 6.06. The number of benzene rings is 1. The van der Waals surface area contributed by atoms with Crippen LogP contribution in [0.15, 0.2) is 12.1 Å².